The molecular formula is C11H15N. The average Bonchev–Trinajstić information content (AvgIpc) is 2.77. The molecule has 0 fully saturated rings. The van der Waals surface area contributed by atoms with Gasteiger partial charge in [0.25, 0.3) is 0 Å². The molecule has 0 saturated carbocycles. The Morgan fingerprint density at radius 3 is 2.67 bits per heavy atom. The van der Waals surface area contributed by atoms with Crippen molar-refractivity contribution in [2.24, 2.45) is 4.99 Å². The van der Waals surface area contributed by atoms with E-state index in [0.717, 1.165) is 13.0 Å². The maximum atomic E-state index is 4.14. The number of nitrogens with zero attached hydrogens (tertiary/aromatic N) is 1. The predicted octanol–water partition coefficient (Wildman–Crippen LogP) is 2.91. The third-order valence-corrected chi connectivity index (χ3v) is 1.87. The van der Waals surface area contributed by atoms with Gasteiger partial charge in [-0.2, -0.15) is 0 Å². The first-order chi connectivity index (χ1) is 5.79. The maximum absolute atomic E-state index is 4.14. The normalized spacial score (nSPS) is 17.0. The molecular weight excluding hydrogens is 146 g/mol. The van der Waals surface area contributed by atoms with Gasteiger partial charge in [0.15, 0.2) is 0 Å². The second-order valence-corrected chi connectivity index (χ2v) is 2.78. The molecule has 0 aromatic rings. The Morgan fingerprint density at radius 2 is 2.25 bits per heavy atom. The van der Waals surface area contributed by atoms with Crippen LogP contribution >= 0.6 is 0 Å². The Bertz CT molecular complexity index is 267. The highest BCUT2D eigenvalue weighted by atomic mass is 14.7. The highest BCUT2D eigenvalue weighted by Gasteiger charge is 2.15. The van der Waals surface area contributed by atoms with Gasteiger partial charge in [-0.05, 0) is 42.2 Å². The molecule has 0 aliphatic heterocycles. The number of rotatable bonds is 4. The van der Waals surface area contributed by atoms with Crippen LogP contribution in [0.2, 0.25) is 0 Å². The molecule has 0 saturated heterocycles. The van der Waals surface area contributed by atoms with E-state index in [1.165, 1.54) is 16.7 Å². The second-order valence-electron chi connectivity index (χ2n) is 2.78. The van der Waals surface area contributed by atoms with Crippen LogP contribution in [-0.4, -0.2) is 12.8 Å². The van der Waals surface area contributed by atoms with Gasteiger partial charge in [-0.3, -0.25) is 4.99 Å². The van der Waals surface area contributed by atoms with Crippen LogP contribution in [0.3, 0.4) is 0 Å². The molecule has 64 valence electrons. The zero-order valence-electron chi connectivity index (χ0n) is 7.80. The zero-order chi connectivity index (χ0) is 8.97. The Morgan fingerprint density at radius 1 is 1.58 bits per heavy atom. The summed E-state index contributed by atoms with van der Waals surface area (Å²) in [5, 5.41) is 0. The standard InChI is InChI=1S/C11H15N/c1-4-10(6-7-12-5-2)11-8-9(11)3/h6-8H,3-5H2,1-2H3/b10-6-,12-7-. The Labute approximate surface area is 74.2 Å². The van der Waals surface area contributed by atoms with E-state index in [0.29, 0.717) is 0 Å². The highest BCUT2D eigenvalue weighted by molar-refractivity contribution is 5.77. The van der Waals surface area contributed by atoms with Crippen LogP contribution in [0.1, 0.15) is 20.3 Å². The molecule has 0 heterocycles. The molecule has 0 amide bonds. The molecule has 1 aliphatic rings. The van der Waals surface area contributed by atoms with Crippen molar-refractivity contribution in [3.05, 3.63) is 35.5 Å². The van der Waals surface area contributed by atoms with Crippen LogP contribution in [0.15, 0.2) is 40.4 Å². The summed E-state index contributed by atoms with van der Waals surface area (Å²) in [6.07, 6.45) is 7.12. The van der Waals surface area contributed by atoms with Crippen LogP contribution in [0.25, 0.3) is 0 Å². The molecule has 0 aromatic heterocycles. The minimum Gasteiger partial charge on any atom is -0.293 e. The van der Waals surface area contributed by atoms with Gasteiger partial charge in [-0.15, -0.1) is 0 Å². The summed E-state index contributed by atoms with van der Waals surface area (Å²) in [4.78, 5) is 4.14. The summed E-state index contributed by atoms with van der Waals surface area (Å²) in [5.74, 6) is 0. The fourth-order valence-electron chi connectivity index (χ4n) is 1.08. The van der Waals surface area contributed by atoms with Crippen LogP contribution in [0.4, 0.5) is 0 Å². The SMILES string of the molecule is C=C1C=C1/C(=C\C=N/CC)CC. The lowest BCUT2D eigenvalue weighted by atomic mass is 10.1. The molecule has 0 aromatic carbocycles. The van der Waals surface area contributed by atoms with E-state index >= 15 is 0 Å². The Kier molecular flexibility index (Phi) is 3.03. The van der Waals surface area contributed by atoms with Gasteiger partial charge in [0.05, 0.1) is 0 Å². The topological polar surface area (TPSA) is 12.4 Å². The minimum atomic E-state index is 0.855. The second kappa shape index (κ2) is 4.05. The van der Waals surface area contributed by atoms with Gasteiger partial charge in [0.1, 0.15) is 0 Å². The van der Waals surface area contributed by atoms with Crippen molar-refractivity contribution in [1.82, 2.24) is 0 Å². The summed E-state index contributed by atoms with van der Waals surface area (Å²) in [7, 11) is 0. The predicted molar refractivity (Wildman–Crippen MR) is 54.6 cm³/mol. The first kappa shape index (κ1) is 8.98. The quantitative estimate of drug-likeness (QED) is 0.562. The van der Waals surface area contributed by atoms with Gasteiger partial charge in [-0.25, -0.2) is 0 Å². The van der Waals surface area contributed by atoms with Gasteiger partial charge in [-0.1, -0.05) is 13.5 Å². The van der Waals surface area contributed by atoms with Crippen LogP contribution < -0.4 is 0 Å². The number of hydrogen-bond donors (Lipinski definition) is 0. The summed E-state index contributed by atoms with van der Waals surface area (Å²) < 4.78 is 0. The van der Waals surface area contributed by atoms with Crippen molar-refractivity contribution in [1.29, 1.82) is 0 Å². The van der Waals surface area contributed by atoms with E-state index in [1.54, 1.807) is 0 Å². The number of allylic oxidation sites excluding steroid dienone is 5. The van der Waals surface area contributed by atoms with Gasteiger partial charge in [0.2, 0.25) is 0 Å². The molecule has 0 bridgehead atoms. The lowest BCUT2D eigenvalue weighted by molar-refractivity contribution is 1.13. The highest BCUT2D eigenvalue weighted by Crippen LogP contribution is 2.33. The van der Waals surface area contributed by atoms with E-state index in [-0.39, 0.29) is 0 Å². The fourth-order valence-corrected chi connectivity index (χ4v) is 1.08. The van der Waals surface area contributed by atoms with Crippen molar-refractivity contribution >= 4 is 6.21 Å². The van der Waals surface area contributed by atoms with Crippen LogP contribution in [0.5, 0.6) is 0 Å². The smallest absolute Gasteiger partial charge is 0.0360 e. The number of hydrogen-bond acceptors (Lipinski definition) is 1. The molecule has 1 heteroatoms. The van der Waals surface area contributed by atoms with Gasteiger partial charge >= 0.3 is 0 Å². The zero-order valence-corrected chi connectivity index (χ0v) is 7.80. The summed E-state index contributed by atoms with van der Waals surface area (Å²) in [6.45, 7) is 8.91. The van der Waals surface area contributed by atoms with Crippen molar-refractivity contribution in [3.63, 3.8) is 0 Å². The molecule has 0 unspecified atom stereocenters. The summed E-state index contributed by atoms with van der Waals surface area (Å²) in [6, 6.07) is 0. The third kappa shape index (κ3) is 2.19. The maximum Gasteiger partial charge on any atom is 0.0360 e. The molecule has 0 spiro atoms. The lowest BCUT2D eigenvalue weighted by Crippen LogP contribution is -1.79. The Balaban J connectivity index is 2.56. The molecule has 1 aliphatic carbocycles. The monoisotopic (exact) mass is 161 g/mol. The van der Waals surface area contributed by atoms with Crippen LogP contribution in [-0.2, 0) is 0 Å². The number of aliphatic imine (C=N–C) groups is 1. The first-order valence-electron chi connectivity index (χ1n) is 4.40. The van der Waals surface area contributed by atoms with E-state index < -0.39 is 0 Å². The third-order valence-electron chi connectivity index (χ3n) is 1.87. The molecule has 0 radical (unpaired) electrons. The minimum absolute atomic E-state index is 0.855. The molecule has 1 nitrogen and oxygen atoms in total. The fraction of sp³-hybridized carbons (Fsp3) is 0.364. The van der Waals surface area contributed by atoms with Crippen molar-refractivity contribution < 1.29 is 0 Å². The Hall–Kier alpha value is -1.11. The van der Waals surface area contributed by atoms with Crippen molar-refractivity contribution in [3.8, 4) is 0 Å². The van der Waals surface area contributed by atoms with Crippen molar-refractivity contribution in [2.75, 3.05) is 6.54 Å². The molecule has 1 rings (SSSR count). The summed E-state index contributed by atoms with van der Waals surface area (Å²) >= 11 is 0. The van der Waals surface area contributed by atoms with E-state index in [4.69, 9.17) is 0 Å². The lowest BCUT2D eigenvalue weighted by Gasteiger charge is -1.94. The van der Waals surface area contributed by atoms with E-state index in [9.17, 15) is 0 Å². The van der Waals surface area contributed by atoms with Gasteiger partial charge < -0.3 is 0 Å². The summed E-state index contributed by atoms with van der Waals surface area (Å²) in [5.41, 5.74) is 3.84. The van der Waals surface area contributed by atoms with Crippen LogP contribution in [0, 0.1) is 0 Å². The molecule has 0 N–H and O–H groups in total. The average molecular weight is 161 g/mol. The van der Waals surface area contributed by atoms with E-state index in [1.807, 2.05) is 13.1 Å². The van der Waals surface area contributed by atoms with E-state index in [2.05, 4.69) is 30.6 Å². The van der Waals surface area contributed by atoms with Gasteiger partial charge in [0, 0.05) is 12.8 Å². The van der Waals surface area contributed by atoms with Crippen molar-refractivity contribution in [2.45, 2.75) is 20.3 Å². The molecule has 0 atom stereocenters. The molecule has 12 heavy (non-hydrogen) atoms. The largest absolute Gasteiger partial charge is 0.293 e. The first-order valence-corrected chi connectivity index (χ1v) is 4.40.